The van der Waals surface area contributed by atoms with Crippen molar-refractivity contribution in [2.75, 3.05) is 14.2 Å². The Hall–Kier alpha value is -1.72. The third-order valence-electron chi connectivity index (χ3n) is 3.49. The molecule has 12 heteroatoms. The molecule has 0 spiro atoms. The van der Waals surface area contributed by atoms with Gasteiger partial charge in [0, 0.05) is 6.04 Å². The number of halogens is 8. The predicted octanol–water partition coefficient (Wildman–Crippen LogP) is 4.35. The molecule has 0 aliphatic carbocycles. The molecular weight excluding hydrogens is 455 g/mol. The normalized spacial score (nSPS) is 13.9. The standard InChI is InChI=1S/C15H15BrF7NO3/c1-7(4-8-5-11(27-3)9(16)6-10(8)26-2)24-12(25)13(17,18)14(19,20)15(21,22)23/h5-7H,4H2,1-3H3,(H,24,25). The number of carbonyl (C=O) groups excluding carboxylic acids is 1. The molecule has 0 heterocycles. The van der Waals surface area contributed by atoms with Gasteiger partial charge in [-0.1, -0.05) is 0 Å². The van der Waals surface area contributed by atoms with Crippen LogP contribution in [0.4, 0.5) is 30.7 Å². The number of ether oxygens (including phenoxy) is 2. The van der Waals surface area contributed by atoms with Gasteiger partial charge in [-0.2, -0.15) is 30.7 Å². The van der Waals surface area contributed by atoms with Gasteiger partial charge in [0.25, 0.3) is 5.91 Å². The number of amides is 1. The van der Waals surface area contributed by atoms with Gasteiger partial charge in [0.1, 0.15) is 11.5 Å². The molecule has 0 bridgehead atoms. The van der Waals surface area contributed by atoms with E-state index < -0.39 is 30.0 Å². The third-order valence-corrected chi connectivity index (χ3v) is 4.11. The van der Waals surface area contributed by atoms with Crippen molar-refractivity contribution in [3.05, 3.63) is 22.2 Å². The number of alkyl halides is 7. The lowest BCUT2D eigenvalue weighted by Crippen LogP contribution is -2.60. The van der Waals surface area contributed by atoms with Gasteiger partial charge in [0.15, 0.2) is 0 Å². The van der Waals surface area contributed by atoms with Gasteiger partial charge in [-0.25, -0.2) is 0 Å². The quantitative estimate of drug-likeness (QED) is 0.604. The van der Waals surface area contributed by atoms with Gasteiger partial charge >= 0.3 is 18.0 Å². The van der Waals surface area contributed by atoms with E-state index in [0.29, 0.717) is 15.8 Å². The average molecular weight is 470 g/mol. The van der Waals surface area contributed by atoms with Gasteiger partial charge in [0.2, 0.25) is 0 Å². The Labute approximate surface area is 158 Å². The largest absolute Gasteiger partial charge is 0.496 e. The zero-order valence-corrected chi connectivity index (χ0v) is 15.8. The second-order valence-corrected chi connectivity index (χ2v) is 6.38. The molecule has 1 aromatic rings. The van der Waals surface area contributed by atoms with Crippen molar-refractivity contribution in [3.63, 3.8) is 0 Å². The van der Waals surface area contributed by atoms with Crippen molar-refractivity contribution in [2.45, 2.75) is 37.4 Å². The van der Waals surface area contributed by atoms with Crippen LogP contribution in [-0.2, 0) is 11.2 Å². The number of rotatable bonds is 7. The van der Waals surface area contributed by atoms with Crippen molar-refractivity contribution < 1.29 is 45.0 Å². The van der Waals surface area contributed by atoms with Gasteiger partial charge in [0.05, 0.1) is 18.7 Å². The number of carbonyl (C=O) groups is 1. The van der Waals surface area contributed by atoms with Crippen molar-refractivity contribution >= 4 is 21.8 Å². The fourth-order valence-corrected chi connectivity index (χ4v) is 2.58. The Kier molecular flexibility index (Phi) is 7.00. The molecule has 0 aliphatic heterocycles. The molecule has 0 aromatic heterocycles. The maximum atomic E-state index is 13.4. The predicted molar refractivity (Wildman–Crippen MR) is 84.5 cm³/mol. The number of hydrogen-bond donors (Lipinski definition) is 1. The van der Waals surface area contributed by atoms with Crippen LogP contribution in [0.15, 0.2) is 16.6 Å². The van der Waals surface area contributed by atoms with Crippen LogP contribution in [0.1, 0.15) is 12.5 Å². The van der Waals surface area contributed by atoms with Crippen LogP contribution in [0.25, 0.3) is 0 Å². The summed E-state index contributed by atoms with van der Waals surface area (Å²) in [5.41, 5.74) is 0.344. The van der Waals surface area contributed by atoms with E-state index in [2.05, 4.69) is 15.9 Å². The summed E-state index contributed by atoms with van der Waals surface area (Å²) in [6.07, 6.45) is -6.79. The molecule has 154 valence electrons. The van der Waals surface area contributed by atoms with E-state index in [4.69, 9.17) is 9.47 Å². The minimum Gasteiger partial charge on any atom is -0.496 e. The van der Waals surface area contributed by atoms with E-state index in [1.165, 1.54) is 31.7 Å². The Morgan fingerprint density at radius 3 is 2.04 bits per heavy atom. The summed E-state index contributed by atoms with van der Waals surface area (Å²) in [6, 6.07) is 1.70. The van der Waals surface area contributed by atoms with Crippen LogP contribution in [0.5, 0.6) is 11.5 Å². The first-order valence-electron chi connectivity index (χ1n) is 7.22. The summed E-state index contributed by atoms with van der Waals surface area (Å²) in [5, 5.41) is 1.47. The SMILES string of the molecule is COc1cc(CC(C)NC(=O)C(F)(F)C(F)(F)C(F)(F)F)c(OC)cc1Br. The highest BCUT2D eigenvalue weighted by Crippen LogP contribution is 2.46. The van der Waals surface area contributed by atoms with Gasteiger partial charge < -0.3 is 14.8 Å². The number of nitrogens with one attached hydrogen (secondary N) is 1. The molecule has 0 saturated carbocycles. The third kappa shape index (κ3) is 4.77. The van der Waals surface area contributed by atoms with E-state index in [9.17, 15) is 35.5 Å². The molecular formula is C15H15BrF7NO3. The molecule has 1 unspecified atom stereocenters. The molecule has 4 nitrogen and oxygen atoms in total. The highest BCUT2D eigenvalue weighted by molar-refractivity contribution is 9.10. The lowest BCUT2D eigenvalue weighted by Gasteiger charge is -2.28. The molecule has 27 heavy (non-hydrogen) atoms. The van der Waals surface area contributed by atoms with E-state index in [1.54, 1.807) is 0 Å². The minimum absolute atomic E-state index is 0.202. The first kappa shape index (κ1) is 23.3. The zero-order valence-electron chi connectivity index (χ0n) is 14.2. The van der Waals surface area contributed by atoms with Crippen LogP contribution in [0.3, 0.4) is 0 Å². The summed E-state index contributed by atoms with van der Waals surface area (Å²) >= 11 is 3.19. The molecule has 1 aromatic carbocycles. The maximum Gasteiger partial charge on any atom is 0.460 e. The summed E-state index contributed by atoms with van der Waals surface area (Å²) in [4.78, 5) is 11.4. The van der Waals surface area contributed by atoms with Gasteiger partial charge in [-0.05, 0) is 47.0 Å². The van der Waals surface area contributed by atoms with Gasteiger partial charge in [-0.3, -0.25) is 4.79 Å². The van der Waals surface area contributed by atoms with Crippen LogP contribution in [0.2, 0.25) is 0 Å². The highest BCUT2D eigenvalue weighted by atomic mass is 79.9. The van der Waals surface area contributed by atoms with Crippen molar-refractivity contribution in [1.29, 1.82) is 0 Å². The average Bonchev–Trinajstić information content (AvgIpc) is 2.54. The fourth-order valence-electron chi connectivity index (χ4n) is 2.10. The zero-order chi connectivity index (χ0) is 21.2. The van der Waals surface area contributed by atoms with Gasteiger partial charge in [-0.15, -0.1) is 0 Å². The summed E-state index contributed by atoms with van der Waals surface area (Å²) in [7, 11) is 2.65. The molecule has 1 atom stereocenters. The number of hydrogen-bond acceptors (Lipinski definition) is 3. The van der Waals surface area contributed by atoms with E-state index >= 15 is 0 Å². The second-order valence-electron chi connectivity index (χ2n) is 5.52. The molecule has 0 radical (unpaired) electrons. The molecule has 1 N–H and O–H groups in total. The van der Waals surface area contributed by atoms with Crippen LogP contribution in [-0.4, -0.2) is 44.2 Å². The first-order valence-corrected chi connectivity index (χ1v) is 8.02. The fraction of sp³-hybridized carbons (Fsp3) is 0.533. The van der Waals surface area contributed by atoms with E-state index in [0.717, 1.165) is 6.92 Å². The van der Waals surface area contributed by atoms with Crippen LogP contribution in [0, 0.1) is 0 Å². The Bertz CT molecular complexity index is 695. The topological polar surface area (TPSA) is 47.6 Å². The minimum atomic E-state index is -6.58. The monoisotopic (exact) mass is 469 g/mol. The van der Waals surface area contributed by atoms with E-state index in [1.807, 2.05) is 0 Å². The Morgan fingerprint density at radius 1 is 1.07 bits per heavy atom. The highest BCUT2D eigenvalue weighted by Gasteiger charge is 2.76. The second kappa shape index (κ2) is 8.11. The first-order chi connectivity index (χ1) is 12.2. The Balaban J connectivity index is 3.00. The van der Waals surface area contributed by atoms with Crippen molar-refractivity contribution in [3.8, 4) is 11.5 Å². The van der Waals surface area contributed by atoms with Crippen molar-refractivity contribution in [2.24, 2.45) is 0 Å². The van der Waals surface area contributed by atoms with Crippen LogP contribution >= 0.6 is 15.9 Å². The van der Waals surface area contributed by atoms with Crippen molar-refractivity contribution in [1.82, 2.24) is 5.32 Å². The summed E-state index contributed by atoms with van der Waals surface area (Å²) in [5.74, 6) is -14.6. The van der Waals surface area contributed by atoms with Crippen LogP contribution < -0.4 is 14.8 Å². The lowest BCUT2D eigenvalue weighted by atomic mass is 10.0. The Morgan fingerprint density at radius 2 is 1.59 bits per heavy atom. The lowest BCUT2D eigenvalue weighted by molar-refractivity contribution is -0.344. The molecule has 1 rings (SSSR count). The smallest absolute Gasteiger partial charge is 0.460 e. The molecule has 1 amide bonds. The number of benzene rings is 1. The molecule has 0 fully saturated rings. The summed E-state index contributed by atoms with van der Waals surface area (Å²) < 4.78 is 99.7. The maximum absolute atomic E-state index is 13.4. The summed E-state index contributed by atoms with van der Waals surface area (Å²) in [6.45, 7) is 1.16. The molecule has 0 saturated heterocycles. The number of methoxy groups -OCH3 is 2. The molecule has 0 aliphatic rings. The van der Waals surface area contributed by atoms with E-state index in [-0.39, 0.29) is 12.2 Å².